The van der Waals surface area contributed by atoms with Gasteiger partial charge >= 0.3 is 0 Å². The number of nitrogens with zero attached hydrogens (tertiary/aromatic N) is 2. The standard InChI is InChI=1S/C19H25N3O2S/c1-24-17-7-5-15(6-8-17)11-18(23)20-12-19-21-16(14-25-19)13-22-9-3-2-4-10-22/h5-8,14H,2-4,9-13H2,1H3,(H,20,23). The van der Waals surface area contributed by atoms with E-state index in [0.717, 1.165) is 28.6 Å². The zero-order valence-electron chi connectivity index (χ0n) is 14.7. The fourth-order valence-electron chi connectivity index (χ4n) is 3.01. The first-order chi connectivity index (χ1) is 12.2. The number of carbonyl (C=O) groups is 1. The lowest BCUT2D eigenvalue weighted by Gasteiger charge is -2.25. The van der Waals surface area contributed by atoms with Crippen LogP contribution in [0, 0.1) is 0 Å². The van der Waals surface area contributed by atoms with Crippen molar-refractivity contribution >= 4 is 17.2 Å². The molecule has 2 heterocycles. The molecular weight excluding hydrogens is 334 g/mol. The van der Waals surface area contributed by atoms with Crippen molar-refractivity contribution < 1.29 is 9.53 Å². The molecule has 0 saturated carbocycles. The van der Waals surface area contributed by atoms with E-state index in [1.54, 1.807) is 18.4 Å². The Labute approximate surface area is 153 Å². The van der Waals surface area contributed by atoms with Crippen molar-refractivity contribution in [1.29, 1.82) is 0 Å². The van der Waals surface area contributed by atoms with E-state index in [4.69, 9.17) is 4.74 Å². The van der Waals surface area contributed by atoms with Crippen molar-refractivity contribution in [3.8, 4) is 5.75 Å². The normalized spacial score (nSPS) is 15.1. The highest BCUT2D eigenvalue weighted by Gasteiger charge is 2.12. The maximum Gasteiger partial charge on any atom is 0.224 e. The highest BCUT2D eigenvalue weighted by molar-refractivity contribution is 7.09. The molecule has 1 amide bonds. The SMILES string of the molecule is COc1ccc(CC(=O)NCc2nc(CN3CCCCC3)cs2)cc1. The fraction of sp³-hybridized carbons (Fsp3) is 0.474. The molecule has 2 aromatic rings. The highest BCUT2D eigenvalue weighted by atomic mass is 32.1. The van der Waals surface area contributed by atoms with Crippen LogP contribution < -0.4 is 10.1 Å². The molecule has 1 aromatic heterocycles. The van der Waals surface area contributed by atoms with Crippen molar-refractivity contribution in [2.24, 2.45) is 0 Å². The van der Waals surface area contributed by atoms with Gasteiger partial charge in [-0.3, -0.25) is 9.69 Å². The minimum atomic E-state index is 0.0120. The topological polar surface area (TPSA) is 54.5 Å². The van der Waals surface area contributed by atoms with Crippen molar-refractivity contribution in [3.63, 3.8) is 0 Å². The summed E-state index contributed by atoms with van der Waals surface area (Å²) in [4.78, 5) is 19.2. The first kappa shape index (κ1) is 17.9. The van der Waals surface area contributed by atoms with Gasteiger partial charge in [0.05, 0.1) is 25.8 Å². The molecule has 0 radical (unpaired) electrons. The number of carbonyl (C=O) groups excluding carboxylic acids is 1. The second-order valence-corrected chi connectivity index (χ2v) is 7.31. The Balaban J connectivity index is 1.43. The predicted molar refractivity (Wildman–Crippen MR) is 99.8 cm³/mol. The Hall–Kier alpha value is -1.92. The average Bonchev–Trinajstić information content (AvgIpc) is 3.09. The number of methoxy groups -OCH3 is 1. The number of rotatable bonds is 7. The Morgan fingerprint density at radius 3 is 2.72 bits per heavy atom. The molecule has 3 rings (SSSR count). The highest BCUT2D eigenvalue weighted by Crippen LogP contribution is 2.16. The van der Waals surface area contributed by atoms with Crippen LogP contribution in [0.4, 0.5) is 0 Å². The predicted octanol–water partition coefficient (Wildman–Crippen LogP) is 3.00. The molecule has 0 spiro atoms. The quantitative estimate of drug-likeness (QED) is 0.826. The Morgan fingerprint density at radius 1 is 1.24 bits per heavy atom. The van der Waals surface area contributed by atoms with Crippen LogP contribution >= 0.6 is 11.3 Å². The van der Waals surface area contributed by atoms with Crippen LogP contribution in [0.3, 0.4) is 0 Å². The Bertz CT molecular complexity index is 678. The second kappa shape index (κ2) is 8.97. The van der Waals surface area contributed by atoms with Crippen molar-refractivity contribution in [2.75, 3.05) is 20.2 Å². The summed E-state index contributed by atoms with van der Waals surface area (Å²) in [6, 6.07) is 7.57. The molecule has 0 bridgehead atoms. The maximum atomic E-state index is 12.1. The second-order valence-electron chi connectivity index (χ2n) is 6.37. The van der Waals surface area contributed by atoms with Crippen molar-refractivity contribution in [2.45, 2.75) is 38.8 Å². The smallest absolute Gasteiger partial charge is 0.224 e. The molecule has 1 aliphatic rings. The first-order valence-electron chi connectivity index (χ1n) is 8.78. The summed E-state index contributed by atoms with van der Waals surface area (Å²) in [5.74, 6) is 0.811. The number of likely N-dealkylation sites (tertiary alicyclic amines) is 1. The molecule has 0 atom stereocenters. The molecule has 134 valence electrons. The molecule has 1 saturated heterocycles. The number of hydrogen-bond donors (Lipinski definition) is 1. The van der Waals surface area contributed by atoms with Crippen LogP contribution in [0.15, 0.2) is 29.6 Å². The summed E-state index contributed by atoms with van der Waals surface area (Å²) in [5, 5.41) is 6.04. The minimum absolute atomic E-state index is 0.0120. The number of piperidine rings is 1. The monoisotopic (exact) mass is 359 g/mol. The fourth-order valence-corrected chi connectivity index (χ4v) is 3.74. The van der Waals surface area contributed by atoms with Gasteiger partial charge in [-0.05, 0) is 43.6 Å². The maximum absolute atomic E-state index is 12.1. The minimum Gasteiger partial charge on any atom is -0.497 e. The van der Waals surface area contributed by atoms with Gasteiger partial charge in [-0.15, -0.1) is 11.3 Å². The summed E-state index contributed by atoms with van der Waals surface area (Å²) < 4.78 is 5.13. The third-order valence-corrected chi connectivity index (χ3v) is 5.29. The van der Waals surface area contributed by atoms with Crippen LogP contribution in [0.1, 0.15) is 35.5 Å². The van der Waals surface area contributed by atoms with E-state index >= 15 is 0 Å². The summed E-state index contributed by atoms with van der Waals surface area (Å²) in [5.41, 5.74) is 2.09. The van der Waals surface area contributed by atoms with Crippen LogP contribution in [0.2, 0.25) is 0 Å². The summed E-state index contributed by atoms with van der Waals surface area (Å²) in [6.45, 7) is 3.77. The largest absolute Gasteiger partial charge is 0.497 e. The van der Waals surface area contributed by atoms with Crippen molar-refractivity contribution in [3.05, 3.63) is 45.9 Å². The number of hydrogen-bond acceptors (Lipinski definition) is 5. The Morgan fingerprint density at radius 2 is 2.00 bits per heavy atom. The average molecular weight is 359 g/mol. The van der Waals surface area contributed by atoms with Gasteiger partial charge in [0, 0.05) is 11.9 Å². The molecule has 0 aliphatic carbocycles. The van der Waals surface area contributed by atoms with Gasteiger partial charge in [-0.25, -0.2) is 4.98 Å². The van der Waals surface area contributed by atoms with Gasteiger partial charge in [0.2, 0.25) is 5.91 Å². The lowest BCUT2D eigenvalue weighted by Crippen LogP contribution is -2.29. The zero-order chi connectivity index (χ0) is 17.5. The van der Waals surface area contributed by atoms with Gasteiger partial charge in [0.1, 0.15) is 10.8 Å². The third-order valence-electron chi connectivity index (χ3n) is 4.39. The molecule has 6 heteroatoms. The number of nitrogens with one attached hydrogen (secondary N) is 1. The van der Waals surface area contributed by atoms with E-state index in [1.807, 2.05) is 24.3 Å². The number of thiazole rings is 1. The third kappa shape index (κ3) is 5.54. The number of aromatic nitrogens is 1. The van der Waals surface area contributed by atoms with Gasteiger partial charge in [0.25, 0.3) is 0 Å². The molecule has 25 heavy (non-hydrogen) atoms. The van der Waals surface area contributed by atoms with Gasteiger partial charge in [-0.1, -0.05) is 18.6 Å². The van der Waals surface area contributed by atoms with E-state index in [2.05, 4.69) is 20.6 Å². The molecule has 1 aromatic carbocycles. The lowest BCUT2D eigenvalue weighted by molar-refractivity contribution is -0.120. The van der Waals surface area contributed by atoms with Crippen LogP contribution in [-0.2, 0) is 24.3 Å². The number of ether oxygens (including phenoxy) is 1. The van der Waals surface area contributed by atoms with E-state index in [1.165, 1.54) is 32.4 Å². The van der Waals surface area contributed by atoms with Gasteiger partial charge < -0.3 is 10.1 Å². The van der Waals surface area contributed by atoms with E-state index in [-0.39, 0.29) is 5.91 Å². The van der Waals surface area contributed by atoms with Crippen LogP contribution in [0.5, 0.6) is 5.75 Å². The molecular formula is C19H25N3O2S. The van der Waals surface area contributed by atoms with E-state index in [0.29, 0.717) is 13.0 Å². The van der Waals surface area contributed by atoms with Crippen molar-refractivity contribution in [1.82, 2.24) is 15.2 Å². The lowest BCUT2D eigenvalue weighted by atomic mass is 10.1. The molecule has 1 N–H and O–H groups in total. The summed E-state index contributed by atoms with van der Waals surface area (Å²) >= 11 is 1.62. The number of amides is 1. The molecule has 1 aliphatic heterocycles. The summed E-state index contributed by atoms with van der Waals surface area (Å²) in [6.07, 6.45) is 4.30. The molecule has 1 fully saturated rings. The number of benzene rings is 1. The van der Waals surface area contributed by atoms with E-state index < -0.39 is 0 Å². The Kier molecular flexibility index (Phi) is 6.42. The van der Waals surface area contributed by atoms with Gasteiger partial charge in [-0.2, -0.15) is 0 Å². The first-order valence-corrected chi connectivity index (χ1v) is 9.66. The summed E-state index contributed by atoms with van der Waals surface area (Å²) in [7, 11) is 1.63. The molecule has 0 unspecified atom stereocenters. The van der Waals surface area contributed by atoms with Crippen LogP contribution in [0.25, 0.3) is 0 Å². The zero-order valence-corrected chi connectivity index (χ0v) is 15.5. The van der Waals surface area contributed by atoms with Gasteiger partial charge in [0.15, 0.2) is 0 Å². The van der Waals surface area contributed by atoms with E-state index in [9.17, 15) is 4.79 Å². The van der Waals surface area contributed by atoms with Crippen LogP contribution in [-0.4, -0.2) is 36.0 Å². The molecule has 5 nitrogen and oxygen atoms in total.